The van der Waals surface area contributed by atoms with Crippen molar-refractivity contribution in [3.05, 3.63) is 64.1 Å². The fraction of sp³-hybridized carbons (Fsp3) is 0.333. The Balaban J connectivity index is 1.18. The van der Waals surface area contributed by atoms with Crippen LogP contribution in [-0.2, 0) is 28.9 Å². The number of nitrogen functional groups attached to an aromatic ring is 1. The third-order valence-electron chi connectivity index (χ3n) is 7.37. The maximum atomic E-state index is 13.5. The summed E-state index contributed by atoms with van der Waals surface area (Å²) < 4.78 is 50.7. The van der Waals surface area contributed by atoms with Crippen LogP contribution in [0.4, 0.5) is 30.4 Å². The van der Waals surface area contributed by atoms with Crippen molar-refractivity contribution in [3.8, 4) is 11.5 Å². The molecule has 1 fully saturated rings. The number of halogens is 4. The van der Waals surface area contributed by atoms with E-state index in [1.165, 1.54) is 6.07 Å². The molecule has 0 bridgehead atoms. The van der Waals surface area contributed by atoms with Crippen molar-refractivity contribution in [3.63, 3.8) is 0 Å². The van der Waals surface area contributed by atoms with Gasteiger partial charge >= 0.3 is 6.18 Å². The summed E-state index contributed by atoms with van der Waals surface area (Å²) >= 11 is 6.16. The minimum Gasteiger partial charge on any atom is -0.454 e. The second-order valence-electron chi connectivity index (χ2n) is 10.2. The van der Waals surface area contributed by atoms with Gasteiger partial charge in [0.2, 0.25) is 23.9 Å². The summed E-state index contributed by atoms with van der Waals surface area (Å²) in [6.45, 7) is 2.30. The average molecular weight is 589 g/mol. The molecule has 1 saturated heterocycles. The van der Waals surface area contributed by atoms with Crippen LogP contribution in [0.15, 0.2) is 36.4 Å². The third kappa shape index (κ3) is 5.17. The van der Waals surface area contributed by atoms with E-state index in [4.69, 9.17) is 26.8 Å². The number of carbonyl (C=O) groups excluding carboxylic acids is 2. The summed E-state index contributed by atoms with van der Waals surface area (Å²) in [5.41, 5.74) is 6.91. The van der Waals surface area contributed by atoms with Gasteiger partial charge in [0.1, 0.15) is 5.82 Å². The number of fused-ring (bicyclic) bond motifs is 2. The Bertz CT molecular complexity index is 1570. The maximum Gasteiger partial charge on any atom is 0.416 e. The molecule has 3 aliphatic heterocycles. The van der Waals surface area contributed by atoms with Crippen LogP contribution in [0.3, 0.4) is 0 Å². The highest BCUT2D eigenvalue weighted by molar-refractivity contribution is 6.28. The van der Waals surface area contributed by atoms with E-state index in [2.05, 4.69) is 15.3 Å². The van der Waals surface area contributed by atoms with E-state index >= 15 is 0 Å². The molecule has 3 N–H and O–H groups in total. The van der Waals surface area contributed by atoms with E-state index in [9.17, 15) is 22.8 Å². The molecule has 1 aromatic heterocycles. The predicted molar refractivity (Wildman–Crippen MR) is 142 cm³/mol. The fourth-order valence-electron chi connectivity index (χ4n) is 5.31. The predicted octanol–water partition coefficient (Wildman–Crippen LogP) is 4.53. The molecule has 2 aromatic carbocycles. The summed E-state index contributed by atoms with van der Waals surface area (Å²) in [7, 11) is 0. The number of alkyl halides is 3. The molecule has 6 rings (SSSR count). The number of nitrogens with zero attached hydrogens (tertiary/aromatic N) is 4. The summed E-state index contributed by atoms with van der Waals surface area (Å²) in [5.74, 6) is 0.464. The number of amides is 2. The second kappa shape index (κ2) is 9.98. The molecule has 3 aliphatic rings. The van der Waals surface area contributed by atoms with Crippen molar-refractivity contribution in [1.29, 1.82) is 0 Å². The van der Waals surface area contributed by atoms with Gasteiger partial charge in [0.05, 0.1) is 36.3 Å². The molecule has 3 aromatic rings. The van der Waals surface area contributed by atoms with Crippen molar-refractivity contribution in [2.45, 2.75) is 38.7 Å². The van der Waals surface area contributed by atoms with Crippen LogP contribution >= 0.6 is 11.6 Å². The van der Waals surface area contributed by atoms with Crippen LogP contribution in [0.25, 0.3) is 0 Å². The minimum atomic E-state index is -4.55. The van der Waals surface area contributed by atoms with Crippen LogP contribution in [-0.4, -0.2) is 40.0 Å². The maximum absolute atomic E-state index is 13.5. The zero-order chi connectivity index (χ0) is 29.1. The van der Waals surface area contributed by atoms with Gasteiger partial charge in [-0.05, 0) is 54.4 Å². The lowest BCUT2D eigenvalue weighted by atomic mass is 10.0. The third-order valence-corrected chi connectivity index (χ3v) is 7.54. The second-order valence-corrected chi connectivity index (χ2v) is 10.5. The Hall–Kier alpha value is -4.26. The van der Waals surface area contributed by atoms with Crippen molar-refractivity contribution >= 4 is 40.6 Å². The van der Waals surface area contributed by atoms with Gasteiger partial charge in [0.25, 0.3) is 0 Å². The molecule has 10 nitrogen and oxygen atoms in total. The summed E-state index contributed by atoms with van der Waals surface area (Å²) in [6.07, 6.45) is -4.50. The topological polar surface area (TPSA) is 123 Å². The smallest absolute Gasteiger partial charge is 0.416 e. The molecule has 0 aliphatic carbocycles. The van der Waals surface area contributed by atoms with Gasteiger partial charge < -0.3 is 30.3 Å². The number of nitrogens with one attached hydrogen (secondary N) is 1. The lowest BCUT2D eigenvalue weighted by Gasteiger charge is -2.21. The lowest BCUT2D eigenvalue weighted by Crippen LogP contribution is -2.34. The molecule has 2 amide bonds. The number of carbonyl (C=O) groups is 2. The van der Waals surface area contributed by atoms with Crippen LogP contribution in [0.1, 0.15) is 41.8 Å². The van der Waals surface area contributed by atoms with Gasteiger partial charge in [-0.25, -0.2) is 9.97 Å². The van der Waals surface area contributed by atoms with E-state index in [0.717, 1.165) is 12.1 Å². The molecule has 0 radical (unpaired) electrons. The number of anilines is 3. The number of ether oxygens (including phenoxy) is 2. The number of aromatic nitrogens is 2. The largest absolute Gasteiger partial charge is 0.454 e. The van der Waals surface area contributed by atoms with Gasteiger partial charge in [-0.3, -0.25) is 9.59 Å². The zero-order valence-corrected chi connectivity index (χ0v) is 22.4. The highest BCUT2D eigenvalue weighted by Gasteiger charge is 2.40. The number of nitrogens with two attached hydrogens (primary N) is 1. The Morgan fingerprint density at radius 3 is 2.71 bits per heavy atom. The molecule has 14 heteroatoms. The van der Waals surface area contributed by atoms with Gasteiger partial charge in [0, 0.05) is 36.0 Å². The molecule has 4 heterocycles. The first kappa shape index (κ1) is 26.9. The Labute approximate surface area is 237 Å². The van der Waals surface area contributed by atoms with Gasteiger partial charge in [0.15, 0.2) is 11.5 Å². The van der Waals surface area contributed by atoms with E-state index in [0.29, 0.717) is 39.8 Å². The first-order valence-electron chi connectivity index (χ1n) is 12.7. The van der Waals surface area contributed by atoms with Gasteiger partial charge in [-0.1, -0.05) is 0 Å². The highest BCUT2D eigenvalue weighted by Crippen LogP contribution is 2.39. The zero-order valence-electron chi connectivity index (χ0n) is 21.7. The van der Waals surface area contributed by atoms with E-state index in [-0.39, 0.29) is 55.6 Å². The standard InChI is InChI=1S/C27H24ClF3N6O4/c1-13(14-4-16(27(29,30)31)7-17(32)5-14)33-24-19-10-36(11-20(19)34-26(28)35-24)25(39)15-6-23(38)37(9-15)18-2-3-21-22(8-18)41-12-40-21/h2-5,7-8,13,15H,6,9-12,32H2,1H3,(H,33,34,35)/t13-,15?/m1/s1. The fourth-order valence-corrected chi connectivity index (χ4v) is 5.50. The van der Waals surface area contributed by atoms with E-state index in [1.807, 2.05) is 0 Å². The molecule has 0 saturated carbocycles. The van der Waals surface area contributed by atoms with Crippen LogP contribution in [0.2, 0.25) is 5.28 Å². The quantitative estimate of drug-likeness (QED) is 0.329. The van der Waals surface area contributed by atoms with Crippen LogP contribution in [0, 0.1) is 5.92 Å². The Morgan fingerprint density at radius 2 is 1.93 bits per heavy atom. The van der Waals surface area contributed by atoms with Crippen molar-refractivity contribution in [1.82, 2.24) is 14.9 Å². The average Bonchev–Trinajstić information content (AvgIpc) is 3.65. The summed E-state index contributed by atoms with van der Waals surface area (Å²) in [4.78, 5) is 38.0. The van der Waals surface area contributed by atoms with Gasteiger partial charge in [-0.15, -0.1) is 0 Å². The summed E-state index contributed by atoms with van der Waals surface area (Å²) in [5, 5.41) is 3.04. The molecular formula is C27H24ClF3N6O4. The van der Waals surface area contributed by atoms with Crippen molar-refractivity contribution < 1.29 is 32.2 Å². The molecule has 2 atom stereocenters. The van der Waals surface area contributed by atoms with Gasteiger partial charge in [-0.2, -0.15) is 13.2 Å². The Kier molecular flexibility index (Phi) is 6.56. The minimum absolute atomic E-state index is 0.0212. The molecule has 0 spiro atoms. The molecule has 41 heavy (non-hydrogen) atoms. The van der Waals surface area contributed by atoms with E-state index < -0.39 is 23.7 Å². The first-order chi connectivity index (χ1) is 19.5. The number of hydrogen-bond acceptors (Lipinski definition) is 8. The summed E-state index contributed by atoms with van der Waals surface area (Å²) in [6, 6.07) is 7.92. The monoisotopic (exact) mass is 588 g/mol. The highest BCUT2D eigenvalue weighted by atomic mass is 35.5. The number of benzene rings is 2. The van der Waals surface area contributed by atoms with Crippen molar-refractivity contribution in [2.75, 3.05) is 29.3 Å². The van der Waals surface area contributed by atoms with Crippen LogP contribution < -0.4 is 25.4 Å². The lowest BCUT2D eigenvalue weighted by molar-refractivity contribution is -0.137. The van der Waals surface area contributed by atoms with Crippen molar-refractivity contribution in [2.24, 2.45) is 5.92 Å². The van der Waals surface area contributed by atoms with Crippen LogP contribution in [0.5, 0.6) is 11.5 Å². The number of hydrogen-bond donors (Lipinski definition) is 2. The number of rotatable bonds is 5. The first-order valence-corrected chi connectivity index (χ1v) is 13.1. The Morgan fingerprint density at radius 1 is 1.15 bits per heavy atom. The van der Waals surface area contributed by atoms with E-state index in [1.54, 1.807) is 34.9 Å². The molecular weight excluding hydrogens is 565 g/mol. The molecule has 214 valence electrons. The SMILES string of the molecule is C[C@@H](Nc1nc(Cl)nc2c1CN(C(=O)C1CC(=O)N(c3ccc4c(c3)OCO4)C1)C2)c1cc(N)cc(C(F)(F)F)c1. The normalized spacial score (nSPS) is 18.6. The molecule has 1 unspecified atom stereocenters.